The Bertz CT molecular complexity index is 155. The average Bonchev–Trinajstić information content (AvgIpc) is 2.03. The summed E-state index contributed by atoms with van der Waals surface area (Å²) in [5.74, 6) is 0.470. The van der Waals surface area contributed by atoms with Crippen LogP contribution in [0.25, 0.3) is 0 Å². The molecule has 14 heavy (non-hydrogen) atoms. The molecule has 2 atom stereocenters. The second-order valence-corrected chi connectivity index (χ2v) is 4.95. The lowest BCUT2D eigenvalue weighted by molar-refractivity contribution is 0.0102. The molecular formula is C11H25NO2. The van der Waals surface area contributed by atoms with Crippen LogP contribution in [-0.4, -0.2) is 35.0 Å². The van der Waals surface area contributed by atoms with E-state index in [-0.39, 0.29) is 17.9 Å². The largest absolute Gasteiger partial charge is 0.392 e. The van der Waals surface area contributed by atoms with E-state index in [2.05, 4.69) is 5.32 Å². The summed E-state index contributed by atoms with van der Waals surface area (Å²) in [4.78, 5) is 0. The Labute approximate surface area is 87.5 Å². The van der Waals surface area contributed by atoms with Gasteiger partial charge in [-0.3, -0.25) is 0 Å². The molecule has 0 fully saturated rings. The van der Waals surface area contributed by atoms with Crippen molar-refractivity contribution in [3.63, 3.8) is 0 Å². The molecule has 0 radical (unpaired) electrons. The topological polar surface area (TPSA) is 52.5 Å². The van der Waals surface area contributed by atoms with Gasteiger partial charge in [-0.2, -0.15) is 0 Å². The van der Waals surface area contributed by atoms with Crippen LogP contribution in [0.1, 0.15) is 34.6 Å². The van der Waals surface area contributed by atoms with Gasteiger partial charge in [-0.25, -0.2) is 0 Å². The van der Waals surface area contributed by atoms with E-state index in [1.54, 1.807) is 0 Å². The van der Waals surface area contributed by atoms with E-state index in [0.717, 1.165) is 0 Å². The Hall–Kier alpha value is -0.120. The Morgan fingerprint density at radius 1 is 1.21 bits per heavy atom. The van der Waals surface area contributed by atoms with Crippen LogP contribution in [0.5, 0.6) is 0 Å². The maximum Gasteiger partial charge on any atom is 0.0766 e. The second kappa shape index (κ2) is 5.69. The molecule has 0 saturated heterocycles. The van der Waals surface area contributed by atoms with Gasteiger partial charge in [0.2, 0.25) is 0 Å². The number of aliphatic hydroxyl groups is 2. The minimum absolute atomic E-state index is 0.214. The lowest BCUT2D eigenvalue weighted by Crippen LogP contribution is -2.44. The molecule has 0 bridgehead atoms. The fourth-order valence-corrected chi connectivity index (χ4v) is 0.913. The first-order chi connectivity index (χ1) is 6.27. The van der Waals surface area contributed by atoms with Crippen LogP contribution in [0.15, 0.2) is 0 Å². The van der Waals surface area contributed by atoms with Gasteiger partial charge in [0.1, 0.15) is 0 Å². The van der Waals surface area contributed by atoms with E-state index in [4.69, 9.17) is 0 Å². The van der Waals surface area contributed by atoms with Gasteiger partial charge in [-0.05, 0) is 18.8 Å². The monoisotopic (exact) mass is 203 g/mol. The van der Waals surface area contributed by atoms with Crippen LogP contribution in [0.3, 0.4) is 0 Å². The predicted molar refractivity (Wildman–Crippen MR) is 59.2 cm³/mol. The lowest BCUT2D eigenvalue weighted by Gasteiger charge is -2.28. The van der Waals surface area contributed by atoms with Crippen molar-refractivity contribution in [3.05, 3.63) is 0 Å². The molecule has 3 N–H and O–H groups in total. The van der Waals surface area contributed by atoms with Crippen molar-refractivity contribution in [3.8, 4) is 0 Å². The molecule has 0 heterocycles. The van der Waals surface area contributed by atoms with Crippen molar-refractivity contribution in [2.24, 2.45) is 11.8 Å². The van der Waals surface area contributed by atoms with Gasteiger partial charge < -0.3 is 15.5 Å². The van der Waals surface area contributed by atoms with E-state index in [1.165, 1.54) is 0 Å². The molecule has 0 aliphatic heterocycles. The van der Waals surface area contributed by atoms with Crippen molar-refractivity contribution in [1.29, 1.82) is 0 Å². The Balaban J connectivity index is 3.74. The Morgan fingerprint density at radius 2 is 1.71 bits per heavy atom. The van der Waals surface area contributed by atoms with E-state index in [0.29, 0.717) is 13.1 Å². The lowest BCUT2D eigenvalue weighted by atomic mass is 9.92. The van der Waals surface area contributed by atoms with Gasteiger partial charge in [0.05, 0.1) is 11.7 Å². The molecule has 0 rings (SSSR count). The predicted octanol–water partition coefficient (Wildman–Crippen LogP) is 1.000. The van der Waals surface area contributed by atoms with Crippen LogP contribution in [-0.2, 0) is 0 Å². The normalized spacial score (nSPS) is 18.6. The van der Waals surface area contributed by atoms with Gasteiger partial charge in [0.15, 0.2) is 0 Å². The van der Waals surface area contributed by atoms with Gasteiger partial charge in [0, 0.05) is 13.1 Å². The maximum atomic E-state index is 9.90. The highest BCUT2D eigenvalue weighted by Crippen LogP contribution is 2.14. The first-order valence-electron chi connectivity index (χ1n) is 5.38. The molecule has 2 unspecified atom stereocenters. The minimum Gasteiger partial charge on any atom is -0.392 e. The van der Waals surface area contributed by atoms with Crippen LogP contribution < -0.4 is 5.32 Å². The Kier molecular flexibility index (Phi) is 5.64. The number of aliphatic hydroxyl groups excluding tert-OH is 1. The quantitative estimate of drug-likeness (QED) is 0.603. The third-order valence-corrected chi connectivity index (χ3v) is 2.85. The maximum absolute atomic E-state index is 9.90. The van der Waals surface area contributed by atoms with E-state index in [9.17, 15) is 10.2 Å². The molecule has 86 valence electrons. The third kappa shape index (κ3) is 4.94. The van der Waals surface area contributed by atoms with Crippen LogP contribution >= 0.6 is 0 Å². The fraction of sp³-hybridized carbons (Fsp3) is 1.00. The summed E-state index contributed by atoms with van der Waals surface area (Å²) in [7, 11) is 0. The standard InChI is InChI=1S/C11H25NO2/c1-8(2)10(13)6-12-7-11(5,14)9(3)4/h8-10,12-14H,6-7H2,1-5H3. The summed E-state index contributed by atoms with van der Waals surface area (Å²) in [5, 5.41) is 22.5. The van der Waals surface area contributed by atoms with Gasteiger partial charge >= 0.3 is 0 Å². The number of nitrogens with one attached hydrogen (secondary N) is 1. The molecule has 0 spiro atoms. The molecule has 0 aromatic carbocycles. The van der Waals surface area contributed by atoms with Crippen molar-refractivity contribution >= 4 is 0 Å². The van der Waals surface area contributed by atoms with Gasteiger partial charge in [-0.1, -0.05) is 27.7 Å². The summed E-state index contributed by atoms with van der Waals surface area (Å²) in [6.45, 7) is 10.8. The average molecular weight is 203 g/mol. The van der Waals surface area contributed by atoms with E-state index < -0.39 is 5.60 Å². The summed E-state index contributed by atoms with van der Waals surface area (Å²) >= 11 is 0. The Morgan fingerprint density at radius 3 is 2.07 bits per heavy atom. The summed E-state index contributed by atoms with van der Waals surface area (Å²) in [6.07, 6.45) is -0.335. The van der Waals surface area contributed by atoms with Crippen molar-refractivity contribution in [1.82, 2.24) is 5.32 Å². The third-order valence-electron chi connectivity index (χ3n) is 2.85. The first-order valence-corrected chi connectivity index (χ1v) is 5.38. The molecule has 3 nitrogen and oxygen atoms in total. The van der Waals surface area contributed by atoms with Crippen molar-refractivity contribution < 1.29 is 10.2 Å². The summed E-state index contributed by atoms with van der Waals surface area (Å²) < 4.78 is 0. The fourth-order valence-electron chi connectivity index (χ4n) is 0.913. The highest BCUT2D eigenvalue weighted by molar-refractivity contribution is 4.79. The molecule has 0 aliphatic carbocycles. The molecule has 0 aromatic rings. The summed E-state index contributed by atoms with van der Waals surface area (Å²) in [5.41, 5.74) is -0.698. The molecule has 0 aromatic heterocycles. The SMILES string of the molecule is CC(C)C(O)CNCC(C)(O)C(C)C. The molecular weight excluding hydrogens is 178 g/mol. The number of hydrogen-bond donors (Lipinski definition) is 3. The van der Waals surface area contributed by atoms with Crippen LogP contribution in [0.2, 0.25) is 0 Å². The summed E-state index contributed by atoms with van der Waals surface area (Å²) in [6, 6.07) is 0. The highest BCUT2D eigenvalue weighted by atomic mass is 16.3. The van der Waals surface area contributed by atoms with Crippen LogP contribution in [0, 0.1) is 11.8 Å². The van der Waals surface area contributed by atoms with Crippen molar-refractivity contribution in [2.75, 3.05) is 13.1 Å². The molecule has 0 aliphatic rings. The first kappa shape index (κ1) is 13.9. The van der Waals surface area contributed by atoms with E-state index in [1.807, 2.05) is 34.6 Å². The highest BCUT2D eigenvalue weighted by Gasteiger charge is 2.24. The second-order valence-electron chi connectivity index (χ2n) is 4.95. The van der Waals surface area contributed by atoms with Crippen molar-refractivity contribution in [2.45, 2.75) is 46.3 Å². The number of rotatable bonds is 6. The molecule has 3 heteroatoms. The molecule has 0 amide bonds. The van der Waals surface area contributed by atoms with Crippen LogP contribution in [0.4, 0.5) is 0 Å². The zero-order chi connectivity index (χ0) is 11.4. The smallest absolute Gasteiger partial charge is 0.0766 e. The van der Waals surface area contributed by atoms with Gasteiger partial charge in [-0.15, -0.1) is 0 Å². The zero-order valence-corrected chi connectivity index (χ0v) is 10.0. The van der Waals surface area contributed by atoms with Gasteiger partial charge in [0.25, 0.3) is 0 Å². The van der Waals surface area contributed by atoms with E-state index >= 15 is 0 Å². The minimum atomic E-state index is -0.698. The molecule has 0 saturated carbocycles. The zero-order valence-electron chi connectivity index (χ0n) is 10.0. The number of hydrogen-bond acceptors (Lipinski definition) is 3.